The van der Waals surface area contributed by atoms with E-state index in [9.17, 15) is 14.9 Å². The number of aromatic nitrogens is 1. The maximum absolute atomic E-state index is 12.2. The van der Waals surface area contributed by atoms with Gasteiger partial charge in [-0.05, 0) is 18.4 Å². The van der Waals surface area contributed by atoms with Gasteiger partial charge in [0.25, 0.3) is 11.6 Å². The molecule has 21 heavy (non-hydrogen) atoms. The van der Waals surface area contributed by atoms with Crippen LogP contribution >= 0.6 is 11.3 Å². The van der Waals surface area contributed by atoms with Crippen molar-refractivity contribution in [3.05, 3.63) is 50.3 Å². The highest BCUT2D eigenvalue weighted by atomic mass is 32.1. The van der Waals surface area contributed by atoms with Gasteiger partial charge in [0.1, 0.15) is 17.6 Å². The normalized spacial score (nSPS) is 10.1. The van der Waals surface area contributed by atoms with Crippen molar-refractivity contribution in [2.45, 2.75) is 13.5 Å². The van der Waals surface area contributed by atoms with Crippen LogP contribution in [-0.2, 0) is 6.54 Å². The van der Waals surface area contributed by atoms with Crippen LogP contribution in [0, 0.1) is 10.1 Å². The first-order chi connectivity index (χ1) is 10.1. The summed E-state index contributed by atoms with van der Waals surface area (Å²) in [6.07, 6.45) is 1.10. The molecule has 2 aromatic rings. The molecule has 8 heteroatoms. The lowest BCUT2D eigenvalue weighted by Crippen LogP contribution is -2.23. The Balaban J connectivity index is 2.20. The van der Waals surface area contributed by atoms with Crippen molar-refractivity contribution in [3.8, 4) is 0 Å². The van der Waals surface area contributed by atoms with Crippen LogP contribution < -0.4 is 10.6 Å². The quantitative estimate of drug-likeness (QED) is 0.631. The molecule has 0 aliphatic rings. The average molecular weight is 306 g/mol. The molecule has 2 N–H and O–H groups in total. The summed E-state index contributed by atoms with van der Waals surface area (Å²) in [6, 6.07) is 5.16. The first-order valence-corrected chi connectivity index (χ1v) is 7.18. The first-order valence-electron chi connectivity index (χ1n) is 6.30. The number of pyridine rings is 1. The van der Waals surface area contributed by atoms with Gasteiger partial charge in [-0.3, -0.25) is 14.9 Å². The summed E-state index contributed by atoms with van der Waals surface area (Å²) >= 11 is 1.51. The number of anilines is 1. The molecule has 0 fully saturated rings. The fraction of sp³-hybridized carbons (Fsp3) is 0.231. The maximum Gasteiger partial charge on any atom is 0.300 e. The SMILES string of the molecule is CCNc1cc(C(=O)NCc2cccs2)c([N+](=O)[O-])cn1. The number of nitrogens with one attached hydrogen (secondary N) is 2. The minimum atomic E-state index is -0.608. The molecular weight excluding hydrogens is 292 g/mol. The van der Waals surface area contributed by atoms with Gasteiger partial charge in [-0.1, -0.05) is 6.07 Å². The van der Waals surface area contributed by atoms with Gasteiger partial charge in [-0.15, -0.1) is 11.3 Å². The van der Waals surface area contributed by atoms with Crippen LogP contribution in [0.5, 0.6) is 0 Å². The third kappa shape index (κ3) is 3.76. The summed E-state index contributed by atoms with van der Waals surface area (Å²) in [4.78, 5) is 27.4. The lowest BCUT2D eigenvalue weighted by Gasteiger charge is -2.07. The number of rotatable bonds is 6. The zero-order chi connectivity index (χ0) is 15.2. The number of nitro groups is 1. The Hall–Kier alpha value is -2.48. The fourth-order valence-electron chi connectivity index (χ4n) is 1.73. The maximum atomic E-state index is 12.2. The van der Waals surface area contributed by atoms with E-state index in [-0.39, 0.29) is 11.3 Å². The average Bonchev–Trinajstić information content (AvgIpc) is 2.98. The molecule has 0 aliphatic carbocycles. The summed E-state index contributed by atoms with van der Waals surface area (Å²) in [6.45, 7) is 2.83. The van der Waals surface area contributed by atoms with Gasteiger partial charge in [-0.2, -0.15) is 0 Å². The molecule has 0 unspecified atom stereocenters. The molecule has 0 spiro atoms. The molecule has 0 saturated heterocycles. The summed E-state index contributed by atoms with van der Waals surface area (Å²) in [5.41, 5.74) is -0.303. The summed E-state index contributed by atoms with van der Waals surface area (Å²) in [5.74, 6) is -0.0546. The van der Waals surface area contributed by atoms with Crippen molar-refractivity contribution in [1.29, 1.82) is 0 Å². The second-order valence-corrected chi connectivity index (χ2v) is 5.17. The number of thiophene rings is 1. The molecule has 2 rings (SSSR count). The van der Waals surface area contributed by atoms with E-state index in [1.54, 1.807) is 0 Å². The zero-order valence-electron chi connectivity index (χ0n) is 11.3. The summed E-state index contributed by atoms with van der Waals surface area (Å²) in [7, 11) is 0. The molecule has 0 atom stereocenters. The Morgan fingerprint density at radius 1 is 1.52 bits per heavy atom. The van der Waals surface area contributed by atoms with Gasteiger partial charge in [0.15, 0.2) is 0 Å². The standard InChI is InChI=1S/C13H14N4O3S/c1-2-14-12-6-10(11(8-15-12)17(19)20)13(18)16-7-9-4-3-5-21-9/h3-6,8H,2,7H2,1H3,(H,14,15)(H,16,18). The van der Waals surface area contributed by atoms with Crippen molar-refractivity contribution in [3.63, 3.8) is 0 Å². The zero-order valence-corrected chi connectivity index (χ0v) is 12.1. The van der Waals surface area contributed by atoms with Crippen LogP contribution in [0.4, 0.5) is 11.5 Å². The Kier molecular flexibility index (Phi) is 4.83. The number of carbonyl (C=O) groups is 1. The number of nitrogens with zero attached hydrogens (tertiary/aromatic N) is 2. The molecule has 0 aliphatic heterocycles. The molecule has 2 aromatic heterocycles. The lowest BCUT2D eigenvalue weighted by atomic mass is 10.2. The van der Waals surface area contributed by atoms with E-state index in [4.69, 9.17) is 0 Å². The van der Waals surface area contributed by atoms with Gasteiger partial charge < -0.3 is 10.6 Å². The van der Waals surface area contributed by atoms with E-state index in [2.05, 4.69) is 15.6 Å². The molecule has 1 amide bonds. The molecule has 110 valence electrons. The van der Waals surface area contributed by atoms with Crippen LogP contribution in [-0.4, -0.2) is 22.4 Å². The highest BCUT2D eigenvalue weighted by Gasteiger charge is 2.21. The molecule has 2 heterocycles. The van der Waals surface area contributed by atoms with Gasteiger partial charge >= 0.3 is 0 Å². The van der Waals surface area contributed by atoms with E-state index >= 15 is 0 Å². The monoisotopic (exact) mass is 306 g/mol. The number of amides is 1. The van der Waals surface area contributed by atoms with Crippen LogP contribution in [0.2, 0.25) is 0 Å². The van der Waals surface area contributed by atoms with Gasteiger partial charge in [0.05, 0.1) is 11.5 Å². The number of hydrogen-bond donors (Lipinski definition) is 2. The van der Waals surface area contributed by atoms with Crippen molar-refractivity contribution in [2.75, 3.05) is 11.9 Å². The highest BCUT2D eigenvalue weighted by Crippen LogP contribution is 2.20. The molecule has 0 aromatic carbocycles. The topological polar surface area (TPSA) is 97.2 Å². The molecular formula is C13H14N4O3S. The third-order valence-electron chi connectivity index (χ3n) is 2.69. The summed E-state index contributed by atoms with van der Waals surface area (Å²) < 4.78 is 0. The molecule has 0 radical (unpaired) electrons. The largest absolute Gasteiger partial charge is 0.370 e. The Morgan fingerprint density at radius 3 is 2.95 bits per heavy atom. The van der Waals surface area contributed by atoms with Crippen LogP contribution in [0.25, 0.3) is 0 Å². The van der Waals surface area contributed by atoms with E-state index in [0.29, 0.717) is 18.9 Å². The first kappa shape index (κ1) is 14.9. The second kappa shape index (κ2) is 6.80. The van der Waals surface area contributed by atoms with Crippen LogP contribution in [0.1, 0.15) is 22.2 Å². The van der Waals surface area contributed by atoms with Crippen LogP contribution in [0.15, 0.2) is 29.8 Å². The van der Waals surface area contributed by atoms with Crippen LogP contribution in [0.3, 0.4) is 0 Å². The fourth-order valence-corrected chi connectivity index (χ4v) is 2.37. The Labute approximate surface area is 125 Å². The molecule has 0 bridgehead atoms. The predicted molar refractivity (Wildman–Crippen MR) is 80.5 cm³/mol. The number of carbonyl (C=O) groups excluding carboxylic acids is 1. The second-order valence-electron chi connectivity index (χ2n) is 4.14. The van der Waals surface area contributed by atoms with Crippen molar-refractivity contribution in [1.82, 2.24) is 10.3 Å². The van der Waals surface area contributed by atoms with Gasteiger partial charge in [0.2, 0.25) is 0 Å². The number of hydrogen-bond acceptors (Lipinski definition) is 6. The molecule has 7 nitrogen and oxygen atoms in total. The van der Waals surface area contributed by atoms with E-state index in [1.807, 2.05) is 24.4 Å². The Morgan fingerprint density at radius 2 is 2.33 bits per heavy atom. The lowest BCUT2D eigenvalue weighted by molar-refractivity contribution is -0.385. The van der Waals surface area contributed by atoms with Crippen molar-refractivity contribution in [2.24, 2.45) is 0 Å². The van der Waals surface area contributed by atoms with E-state index in [0.717, 1.165) is 11.1 Å². The smallest absolute Gasteiger partial charge is 0.300 e. The molecule has 0 saturated carbocycles. The summed E-state index contributed by atoms with van der Waals surface area (Å²) in [5, 5.41) is 18.5. The Bertz CT molecular complexity index is 643. The van der Waals surface area contributed by atoms with Gasteiger partial charge in [0, 0.05) is 17.5 Å². The minimum Gasteiger partial charge on any atom is -0.370 e. The van der Waals surface area contributed by atoms with Crippen molar-refractivity contribution < 1.29 is 9.72 Å². The van der Waals surface area contributed by atoms with Gasteiger partial charge in [-0.25, -0.2) is 4.98 Å². The predicted octanol–water partition coefficient (Wildman–Crippen LogP) is 2.41. The van der Waals surface area contributed by atoms with Crippen molar-refractivity contribution >= 4 is 28.7 Å². The van der Waals surface area contributed by atoms with E-state index in [1.165, 1.54) is 17.4 Å². The van der Waals surface area contributed by atoms with E-state index < -0.39 is 10.8 Å². The third-order valence-corrected chi connectivity index (χ3v) is 3.56. The highest BCUT2D eigenvalue weighted by molar-refractivity contribution is 7.09. The minimum absolute atomic E-state index is 0.00232.